The third-order valence-corrected chi connectivity index (χ3v) is 6.84. The van der Waals surface area contributed by atoms with E-state index in [0.717, 1.165) is 21.5 Å². The second-order valence-corrected chi connectivity index (χ2v) is 9.40. The summed E-state index contributed by atoms with van der Waals surface area (Å²) in [4.78, 5) is 24.7. The maximum Gasteiger partial charge on any atom is 0.270 e. The Kier molecular flexibility index (Phi) is 5.29. The third kappa shape index (κ3) is 4.18. The molecule has 0 aliphatic rings. The molecule has 11 heteroatoms. The second kappa shape index (κ2) is 7.93. The van der Waals surface area contributed by atoms with E-state index >= 15 is 0 Å². The SMILES string of the molecule is Cc1cc(C)c2c(N)c(C(=O)Nc3ccc(S(=O)(=O)[N-]c4ncccn4)cc3)sc2[nH+]1. The smallest absolute Gasteiger partial charge is 0.270 e. The van der Waals surface area contributed by atoms with Crippen LogP contribution in [0.4, 0.5) is 17.3 Å². The van der Waals surface area contributed by atoms with Crippen LogP contribution in [0.2, 0.25) is 0 Å². The van der Waals surface area contributed by atoms with E-state index in [2.05, 4.69) is 25.0 Å². The first-order chi connectivity index (χ1) is 14.7. The Hall–Kier alpha value is -3.57. The Morgan fingerprint density at radius 2 is 1.84 bits per heavy atom. The van der Waals surface area contributed by atoms with Crippen molar-refractivity contribution in [2.75, 3.05) is 11.1 Å². The molecule has 0 aliphatic heterocycles. The van der Waals surface area contributed by atoms with Crippen molar-refractivity contribution in [2.24, 2.45) is 0 Å². The van der Waals surface area contributed by atoms with Crippen LogP contribution in [0, 0.1) is 13.8 Å². The number of rotatable bonds is 5. The number of H-pyrrole nitrogens is 1. The lowest BCUT2D eigenvalue weighted by Gasteiger charge is -2.12. The molecule has 31 heavy (non-hydrogen) atoms. The topological polar surface area (TPSA) is 143 Å². The third-order valence-electron chi connectivity index (χ3n) is 4.45. The number of aromatic nitrogens is 3. The van der Waals surface area contributed by atoms with Crippen LogP contribution < -0.4 is 16.0 Å². The minimum Gasteiger partial charge on any atom is -0.397 e. The van der Waals surface area contributed by atoms with Gasteiger partial charge in [0.25, 0.3) is 10.7 Å². The highest BCUT2D eigenvalue weighted by Crippen LogP contribution is 2.34. The van der Waals surface area contributed by atoms with Crippen LogP contribution in [-0.4, -0.2) is 24.3 Å². The maximum absolute atomic E-state index is 12.8. The first-order valence-electron chi connectivity index (χ1n) is 9.12. The van der Waals surface area contributed by atoms with Crippen molar-refractivity contribution in [2.45, 2.75) is 18.7 Å². The van der Waals surface area contributed by atoms with Crippen LogP contribution in [0.3, 0.4) is 0 Å². The predicted octanol–water partition coefficient (Wildman–Crippen LogP) is 3.35. The molecule has 1 aromatic carbocycles. The molecule has 0 radical (unpaired) electrons. The number of carbonyl (C=O) groups excluding carboxylic acids is 1. The molecular weight excluding hydrogens is 436 g/mol. The van der Waals surface area contributed by atoms with E-state index in [1.54, 1.807) is 6.07 Å². The molecule has 3 aromatic heterocycles. The molecule has 4 aromatic rings. The summed E-state index contributed by atoms with van der Waals surface area (Å²) in [7, 11) is -3.98. The van der Waals surface area contributed by atoms with Crippen molar-refractivity contribution in [1.29, 1.82) is 0 Å². The average molecular weight is 455 g/mol. The lowest BCUT2D eigenvalue weighted by molar-refractivity contribution is -0.351. The summed E-state index contributed by atoms with van der Waals surface area (Å²) in [5, 5.41) is 3.58. The van der Waals surface area contributed by atoms with Crippen LogP contribution >= 0.6 is 11.3 Å². The molecule has 9 nitrogen and oxygen atoms in total. The molecule has 0 fully saturated rings. The van der Waals surface area contributed by atoms with Crippen molar-refractivity contribution < 1.29 is 18.2 Å². The van der Waals surface area contributed by atoms with Crippen LogP contribution in [-0.2, 0) is 10.0 Å². The monoisotopic (exact) mass is 454 g/mol. The largest absolute Gasteiger partial charge is 0.397 e. The minimum absolute atomic E-state index is 0.0416. The summed E-state index contributed by atoms with van der Waals surface area (Å²) in [5.74, 6) is -0.524. The van der Waals surface area contributed by atoms with Crippen molar-refractivity contribution in [3.05, 3.63) is 69.6 Å². The summed E-state index contributed by atoms with van der Waals surface area (Å²) in [6.07, 6.45) is 2.81. The van der Waals surface area contributed by atoms with Gasteiger partial charge in [0.05, 0.1) is 16.0 Å². The number of nitrogens with two attached hydrogens (primary N) is 1. The summed E-state index contributed by atoms with van der Waals surface area (Å²) in [6, 6.07) is 9.21. The van der Waals surface area contributed by atoms with E-state index in [1.165, 1.54) is 48.0 Å². The van der Waals surface area contributed by atoms with E-state index in [9.17, 15) is 13.2 Å². The highest BCUT2D eigenvalue weighted by molar-refractivity contribution is 7.94. The predicted molar refractivity (Wildman–Crippen MR) is 119 cm³/mol. The Morgan fingerprint density at radius 3 is 2.52 bits per heavy atom. The first-order valence-corrected chi connectivity index (χ1v) is 11.4. The van der Waals surface area contributed by atoms with Gasteiger partial charge in [-0.2, -0.15) is 4.98 Å². The molecule has 4 rings (SSSR count). The molecule has 1 amide bonds. The molecule has 0 atom stereocenters. The highest BCUT2D eigenvalue weighted by Gasteiger charge is 2.22. The number of hydrogen-bond donors (Lipinski definition) is 2. The van der Waals surface area contributed by atoms with Crippen molar-refractivity contribution in [3.8, 4) is 0 Å². The van der Waals surface area contributed by atoms with Gasteiger partial charge in [-0.15, -0.1) is 0 Å². The van der Waals surface area contributed by atoms with E-state index in [1.807, 2.05) is 19.9 Å². The number of nitrogens with one attached hydrogen (secondary N) is 2. The summed E-state index contributed by atoms with van der Waals surface area (Å²) < 4.78 is 28.4. The molecule has 0 unspecified atom stereocenters. The van der Waals surface area contributed by atoms with Gasteiger partial charge in [0, 0.05) is 24.6 Å². The molecular formula is C20H18N6O3S2. The molecule has 3 heterocycles. The Balaban J connectivity index is 1.54. The lowest BCUT2D eigenvalue weighted by Crippen LogP contribution is -2.12. The van der Waals surface area contributed by atoms with Crippen molar-refractivity contribution >= 4 is 54.8 Å². The van der Waals surface area contributed by atoms with Gasteiger partial charge >= 0.3 is 0 Å². The maximum atomic E-state index is 12.8. The standard InChI is InChI=1S/C20H18N6O3S2/c1-11-10-12(2)24-19-15(11)16(21)17(30-19)18(27)25-13-4-6-14(7-5-13)31(28,29)26-20-22-8-3-9-23-20/h3-10H,1-2H3,(H4,21,22,23,25,26,27). The van der Waals surface area contributed by atoms with Gasteiger partial charge in [0.2, 0.25) is 10.0 Å². The van der Waals surface area contributed by atoms with Gasteiger partial charge in [-0.3, -0.25) is 9.52 Å². The second-order valence-electron chi connectivity index (χ2n) is 6.78. The van der Waals surface area contributed by atoms with Gasteiger partial charge in [-0.25, -0.2) is 8.42 Å². The first kappa shape index (κ1) is 20.7. The number of benzene rings is 1. The van der Waals surface area contributed by atoms with E-state index in [0.29, 0.717) is 16.3 Å². The Bertz CT molecular complexity index is 1380. The van der Waals surface area contributed by atoms with Gasteiger partial charge in [-0.05, 0) is 49.1 Å². The fourth-order valence-corrected chi connectivity index (χ4v) is 5.14. The van der Waals surface area contributed by atoms with Gasteiger partial charge in [0.1, 0.15) is 4.88 Å². The number of pyridine rings is 1. The van der Waals surface area contributed by atoms with E-state index in [-0.39, 0.29) is 16.8 Å². The molecule has 4 N–H and O–H groups in total. The highest BCUT2D eigenvalue weighted by atomic mass is 32.2. The number of nitrogen functional groups attached to an aromatic ring is 1. The summed E-state index contributed by atoms with van der Waals surface area (Å²) in [5.41, 5.74) is 9.02. The number of thiophene rings is 1. The zero-order valence-corrected chi connectivity index (χ0v) is 18.2. The number of aryl methyl sites for hydroxylation is 2. The average Bonchev–Trinajstić information content (AvgIpc) is 3.05. The van der Waals surface area contributed by atoms with Crippen LogP contribution in [0.15, 0.2) is 53.7 Å². The zero-order valence-electron chi connectivity index (χ0n) is 16.6. The van der Waals surface area contributed by atoms with Crippen LogP contribution in [0.25, 0.3) is 14.9 Å². The van der Waals surface area contributed by atoms with E-state index in [4.69, 9.17) is 5.73 Å². The fourth-order valence-electron chi connectivity index (χ4n) is 3.10. The quantitative estimate of drug-likeness (QED) is 0.473. The lowest BCUT2D eigenvalue weighted by atomic mass is 10.1. The molecule has 0 aliphatic carbocycles. The van der Waals surface area contributed by atoms with Gasteiger partial charge < -0.3 is 21.0 Å². The fraction of sp³-hybridized carbons (Fsp3) is 0.100. The van der Waals surface area contributed by atoms with E-state index < -0.39 is 10.0 Å². The number of hydrogen-bond acceptors (Lipinski definition) is 7. The number of aromatic amines is 1. The van der Waals surface area contributed by atoms with Gasteiger partial charge in [0.15, 0.2) is 5.69 Å². The number of fused-ring (bicyclic) bond motifs is 1. The van der Waals surface area contributed by atoms with Crippen LogP contribution in [0.5, 0.6) is 0 Å². The Labute approximate surface area is 182 Å². The molecule has 158 valence electrons. The molecule has 0 saturated carbocycles. The summed E-state index contributed by atoms with van der Waals surface area (Å²) >= 11 is 1.27. The molecule has 0 saturated heterocycles. The number of sulfonamides is 1. The van der Waals surface area contributed by atoms with Crippen molar-refractivity contribution in [3.63, 3.8) is 0 Å². The van der Waals surface area contributed by atoms with Gasteiger partial charge in [-0.1, -0.05) is 17.4 Å². The molecule has 0 spiro atoms. The van der Waals surface area contributed by atoms with Crippen LogP contribution in [0.1, 0.15) is 20.9 Å². The number of amides is 1. The zero-order chi connectivity index (χ0) is 22.2. The normalized spacial score (nSPS) is 11.4. The number of carbonyl (C=O) groups is 1. The summed E-state index contributed by atoms with van der Waals surface area (Å²) in [6.45, 7) is 3.88. The van der Waals surface area contributed by atoms with Crippen molar-refractivity contribution in [1.82, 2.24) is 9.97 Å². The minimum atomic E-state index is -3.98. The number of nitrogens with zero attached hydrogens (tertiary/aromatic N) is 3. The molecule has 0 bridgehead atoms. The Morgan fingerprint density at radius 1 is 1.16 bits per heavy atom. The number of anilines is 2.